The molecule has 1 heterocycles. The third-order valence-electron chi connectivity index (χ3n) is 3.65. The Morgan fingerprint density at radius 3 is 3.00 bits per heavy atom. The van der Waals surface area contributed by atoms with E-state index in [4.69, 9.17) is 5.26 Å². The summed E-state index contributed by atoms with van der Waals surface area (Å²) < 4.78 is 13.6. The molecule has 0 aliphatic carbocycles. The van der Waals surface area contributed by atoms with Crippen molar-refractivity contribution in [2.45, 2.75) is 25.8 Å². The summed E-state index contributed by atoms with van der Waals surface area (Å²) in [4.78, 5) is 12.3. The van der Waals surface area contributed by atoms with Crippen LogP contribution in [0.3, 0.4) is 0 Å². The van der Waals surface area contributed by atoms with Gasteiger partial charge in [0, 0.05) is 18.2 Å². The van der Waals surface area contributed by atoms with E-state index in [2.05, 4.69) is 10.6 Å². The normalized spacial score (nSPS) is 18.1. The lowest BCUT2D eigenvalue weighted by atomic mass is 10.1. The molecule has 0 radical (unpaired) electrons. The topological polar surface area (TPSA) is 64.9 Å². The van der Waals surface area contributed by atoms with E-state index in [-0.39, 0.29) is 17.5 Å². The molecule has 1 aliphatic rings. The number of nitrogens with one attached hydrogen (secondary N) is 2. The Morgan fingerprint density at radius 1 is 1.57 bits per heavy atom. The van der Waals surface area contributed by atoms with Gasteiger partial charge in [-0.2, -0.15) is 5.26 Å². The number of hydrogen-bond acceptors (Lipinski definition) is 3. The monoisotopic (exact) mass is 313 g/mol. The van der Waals surface area contributed by atoms with Gasteiger partial charge in [-0.05, 0) is 43.2 Å². The van der Waals surface area contributed by atoms with Crippen LogP contribution in [0.4, 0.5) is 4.39 Å². The zero-order chi connectivity index (χ0) is 16.7. The number of benzene rings is 1. The molecule has 23 heavy (non-hydrogen) atoms. The summed E-state index contributed by atoms with van der Waals surface area (Å²) in [6, 6.07) is 6.32. The van der Waals surface area contributed by atoms with Crippen molar-refractivity contribution in [2.24, 2.45) is 0 Å². The van der Waals surface area contributed by atoms with Crippen LogP contribution in [0.5, 0.6) is 0 Å². The van der Waals surface area contributed by atoms with Gasteiger partial charge in [-0.1, -0.05) is 25.1 Å². The van der Waals surface area contributed by atoms with Crippen molar-refractivity contribution in [1.29, 1.82) is 5.26 Å². The second-order valence-corrected chi connectivity index (χ2v) is 5.42. The Morgan fingerprint density at radius 2 is 2.39 bits per heavy atom. The zero-order valence-electron chi connectivity index (χ0n) is 13.1. The highest BCUT2D eigenvalue weighted by molar-refractivity contribution is 5.97. The summed E-state index contributed by atoms with van der Waals surface area (Å²) >= 11 is 0. The fourth-order valence-electron chi connectivity index (χ4n) is 2.41. The largest absolute Gasteiger partial charge is 0.348 e. The fraction of sp³-hybridized carbons (Fsp3) is 0.333. The molecular formula is C18H20FN3O. The Balaban J connectivity index is 2.09. The van der Waals surface area contributed by atoms with Crippen molar-refractivity contribution in [1.82, 2.24) is 10.6 Å². The van der Waals surface area contributed by atoms with Gasteiger partial charge in [0.25, 0.3) is 5.91 Å². The number of hydrogen-bond donors (Lipinski definition) is 2. The van der Waals surface area contributed by atoms with Crippen LogP contribution in [-0.4, -0.2) is 25.0 Å². The minimum atomic E-state index is -0.558. The van der Waals surface area contributed by atoms with Crippen molar-refractivity contribution >= 4 is 12.0 Å². The van der Waals surface area contributed by atoms with Crippen molar-refractivity contribution in [3.63, 3.8) is 0 Å². The van der Waals surface area contributed by atoms with Gasteiger partial charge in [0.2, 0.25) is 0 Å². The molecule has 0 aromatic heterocycles. The quantitative estimate of drug-likeness (QED) is 0.648. The van der Waals surface area contributed by atoms with Crippen LogP contribution >= 0.6 is 0 Å². The second-order valence-electron chi connectivity index (χ2n) is 5.42. The third-order valence-corrected chi connectivity index (χ3v) is 3.65. The summed E-state index contributed by atoms with van der Waals surface area (Å²) in [6.07, 6.45) is 6.86. The maximum atomic E-state index is 13.6. The minimum absolute atomic E-state index is 0.0120. The highest BCUT2D eigenvalue weighted by atomic mass is 19.1. The van der Waals surface area contributed by atoms with Gasteiger partial charge in [0.05, 0.1) is 5.56 Å². The molecule has 120 valence electrons. The van der Waals surface area contributed by atoms with Crippen LogP contribution < -0.4 is 10.6 Å². The van der Waals surface area contributed by atoms with Gasteiger partial charge in [0.1, 0.15) is 11.9 Å². The number of halogens is 1. The number of allylic oxidation sites excluding steroid dienone is 1. The number of nitrogens with zero attached hydrogens (tertiary/aromatic N) is 1. The van der Waals surface area contributed by atoms with E-state index in [1.54, 1.807) is 24.3 Å². The summed E-state index contributed by atoms with van der Waals surface area (Å²) in [5, 5.41) is 14.9. The van der Waals surface area contributed by atoms with Crippen molar-refractivity contribution in [3.05, 3.63) is 52.9 Å². The molecule has 1 aromatic rings. The van der Waals surface area contributed by atoms with Crippen LogP contribution in [0.1, 0.15) is 30.9 Å². The van der Waals surface area contributed by atoms with E-state index in [0.717, 1.165) is 25.9 Å². The fourth-order valence-corrected chi connectivity index (χ4v) is 2.41. The minimum Gasteiger partial charge on any atom is -0.348 e. The Bertz CT molecular complexity index is 667. The maximum absolute atomic E-state index is 13.6. The molecule has 0 saturated carbocycles. The van der Waals surface area contributed by atoms with Gasteiger partial charge >= 0.3 is 0 Å². The molecular weight excluding hydrogens is 293 g/mol. The van der Waals surface area contributed by atoms with Gasteiger partial charge in [0.15, 0.2) is 0 Å². The summed E-state index contributed by atoms with van der Waals surface area (Å²) in [7, 11) is 0. The van der Waals surface area contributed by atoms with Crippen LogP contribution in [0, 0.1) is 17.1 Å². The molecule has 1 saturated heterocycles. The van der Waals surface area contributed by atoms with Crippen molar-refractivity contribution in [2.75, 3.05) is 13.1 Å². The van der Waals surface area contributed by atoms with Crippen LogP contribution in [0.2, 0.25) is 0 Å². The lowest BCUT2D eigenvalue weighted by Gasteiger charge is -2.11. The molecule has 4 nitrogen and oxygen atoms in total. The molecule has 0 unspecified atom stereocenters. The standard InChI is InChI=1S/C18H20FN3O/c1-2-3-14(18(23)22-16-8-9-21-12-16)6-4-13-5-7-15(11-20)17(19)10-13/h3-7,10,16,21H,2,8-9,12H2,1H3,(H,22,23)/b6-4?,14-3+/t16-/m1/s1. The van der Waals surface area contributed by atoms with Gasteiger partial charge in [-0.3, -0.25) is 4.79 Å². The predicted octanol–water partition coefficient (Wildman–Crippen LogP) is 2.53. The Labute approximate surface area is 135 Å². The van der Waals surface area contributed by atoms with E-state index in [1.165, 1.54) is 12.1 Å². The summed E-state index contributed by atoms with van der Waals surface area (Å²) in [5.74, 6) is -0.678. The van der Waals surface area contributed by atoms with Gasteiger partial charge in [-0.15, -0.1) is 0 Å². The average molecular weight is 313 g/mol. The molecule has 1 fully saturated rings. The summed E-state index contributed by atoms with van der Waals surface area (Å²) in [6.45, 7) is 3.66. The Kier molecular flexibility index (Phi) is 6.07. The number of carbonyl (C=O) groups excluding carboxylic acids is 1. The molecule has 1 atom stereocenters. The van der Waals surface area contributed by atoms with E-state index in [0.29, 0.717) is 11.1 Å². The highest BCUT2D eigenvalue weighted by Crippen LogP contribution is 2.13. The van der Waals surface area contributed by atoms with Crippen molar-refractivity contribution in [3.8, 4) is 6.07 Å². The summed E-state index contributed by atoms with van der Waals surface area (Å²) in [5.41, 5.74) is 1.18. The lowest BCUT2D eigenvalue weighted by molar-refractivity contribution is -0.117. The van der Waals surface area contributed by atoms with Gasteiger partial charge < -0.3 is 10.6 Å². The van der Waals surface area contributed by atoms with Gasteiger partial charge in [-0.25, -0.2) is 4.39 Å². The number of amides is 1. The first-order valence-corrected chi connectivity index (χ1v) is 7.73. The molecule has 5 heteroatoms. The van der Waals surface area contributed by atoms with E-state index < -0.39 is 5.82 Å². The van der Waals surface area contributed by atoms with Crippen LogP contribution in [0.15, 0.2) is 35.9 Å². The highest BCUT2D eigenvalue weighted by Gasteiger charge is 2.17. The second kappa shape index (κ2) is 8.25. The first-order chi connectivity index (χ1) is 11.1. The number of nitriles is 1. The molecule has 1 aliphatic heterocycles. The van der Waals surface area contributed by atoms with E-state index >= 15 is 0 Å². The van der Waals surface area contributed by atoms with E-state index in [9.17, 15) is 9.18 Å². The SMILES string of the molecule is CC/C=C(\C=Cc1ccc(C#N)c(F)c1)C(=O)N[C@@H]1CCNC1. The number of carbonyl (C=O) groups is 1. The Hall–Kier alpha value is -2.45. The molecule has 2 N–H and O–H groups in total. The first kappa shape index (κ1) is 16.9. The van der Waals surface area contributed by atoms with Crippen LogP contribution in [-0.2, 0) is 4.79 Å². The van der Waals surface area contributed by atoms with Crippen molar-refractivity contribution < 1.29 is 9.18 Å². The molecule has 1 aromatic carbocycles. The molecule has 1 amide bonds. The molecule has 0 bridgehead atoms. The smallest absolute Gasteiger partial charge is 0.251 e. The molecule has 2 rings (SSSR count). The van der Waals surface area contributed by atoms with Crippen LogP contribution in [0.25, 0.3) is 6.08 Å². The van der Waals surface area contributed by atoms with E-state index in [1.807, 2.05) is 13.0 Å². The molecule has 0 spiro atoms. The average Bonchev–Trinajstić information content (AvgIpc) is 3.04. The lowest BCUT2D eigenvalue weighted by Crippen LogP contribution is -2.36. The third kappa shape index (κ3) is 4.76. The predicted molar refractivity (Wildman–Crippen MR) is 87.9 cm³/mol. The first-order valence-electron chi connectivity index (χ1n) is 7.73. The number of rotatable bonds is 5. The zero-order valence-corrected chi connectivity index (χ0v) is 13.1. The maximum Gasteiger partial charge on any atom is 0.251 e.